The first-order valence-electron chi connectivity index (χ1n) is 11.5. The lowest BCUT2D eigenvalue weighted by molar-refractivity contribution is 0.184. The number of allylic oxidation sites excluding steroid dienone is 2. The van der Waals surface area contributed by atoms with Crippen molar-refractivity contribution in [1.29, 1.82) is 0 Å². The second-order valence-electron chi connectivity index (χ2n) is 7.80. The minimum atomic E-state index is 0.913. The molecule has 148 valence electrons. The Hall–Kier alpha value is -1.04. The molecule has 0 nitrogen and oxygen atoms in total. The summed E-state index contributed by atoms with van der Waals surface area (Å²) in [5, 5.41) is 0. The Morgan fingerprint density at radius 1 is 0.769 bits per heavy atom. The molecule has 26 heavy (non-hydrogen) atoms. The highest BCUT2D eigenvalue weighted by atomic mass is 14.5. The maximum absolute atomic E-state index is 2.38. The van der Waals surface area contributed by atoms with E-state index in [0.29, 0.717) is 0 Å². The molecule has 0 amide bonds. The summed E-state index contributed by atoms with van der Waals surface area (Å²) in [6.45, 7) is 14.6. The molecule has 0 spiro atoms. The zero-order valence-corrected chi connectivity index (χ0v) is 18.6. The van der Waals surface area contributed by atoms with Gasteiger partial charge < -0.3 is 0 Å². The van der Waals surface area contributed by atoms with Crippen molar-refractivity contribution in [3.63, 3.8) is 0 Å². The molecule has 0 aliphatic heterocycles. The molecule has 4 aliphatic carbocycles. The molecular weight excluding hydrogens is 312 g/mol. The summed E-state index contributed by atoms with van der Waals surface area (Å²) in [5.74, 6) is 3.94. The van der Waals surface area contributed by atoms with Crippen LogP contribution in [0.25, 0.3) is 5.57 Å². The highest BCUT2D eigenvalue weighted by Gasteiger charge is 2.42. The van der Waals surface area contributed by atoms with Crippen molar-refractivity contribution in [1.82, 2.24) is 0 Å². The SMILES string of the molecule is C/C(=C1/C2CCC3CC(C2)CC1C3)c1ccccc1.CC.CC.CCC. The second kappa shape index (κ2) is 12.4. The van der Waals surface area contributed by atoms with Crippen molar-refractivity contribution in [2.45, 2.75) is 93.4 Å². The number of hydrogen-bond acceptors (Lipinski definition) is 0. The lowest BCUT2D eigenvalue weighted by Gasteiger charge is -2.41. The van der Waals surface area contributed by atoms with Gasteiger partial charge in [0.2, 0.25) is 0 Å². The van der Waals surface area contributed by atoms with E-state index in [9.17, 15) is 0 Å². The minimum Gasteiger partial charge on any atom is -0.0683 e. The van der Waals surface area contributed by atoms with Gasteiger partial charge in [0, 0.05) is 0 Å². The number of benzene rings is 1. The summed E-state index contributed by atoms with van der Waals surface area (Å²) in [5.41, 5.74) is 4.92. The van der Waals surface area contributed by atoms with E-state index in [1.165, 1.54) is 44.1 Å². The average Bonchev–Trinajstić information content (AvgIpc) is 2.91. The van der Waals surface area contributed by atoms with Crippen molar-refractivity contribution in [2.75, 3.05) is 0 Å². The van der Waals surface area contributed by atoms with Crippen LogP contribution < -0.4 is 0 Å². The zero-order chi connectivity index (χ0) is 19.5. The average molecular weight is 357 g/mol. The smallest absolute Gasteiger partial charge is 0.0189 e. The molecule has 0 saturated heterocycles. The molecule has 0 N–H and O–H groups in total. The topological polar surface area (TPSA) is 0 Å². The van der Waals surface area contributed by atoms with Gasteiger partial charge in [0.25, 0.3) is 0 Å². The van der Waals surface area contributed by atoms with Gasteiger partial charge in [-0.05, 0) is 80.3 Å². The van der Waals surface area contributed by atoms with Crippen molar-refractivity contribution in [2.24, 2.45) is 23.7 Å². The summed E-state index contributed by atoms with van der Waals surface area (Å²) in [6, 6.07) is 11.1. The Labute approximate surface area is 164 Å². The Morgan fingerprint density at radius 3 is 1.92 bits per heavy atom. The number of hydrogen-bond donors (Lipinski definition) is 0. The summed E-state index contributed by atoms with van der Waals surface area (Å²) in [7, 11) is 0. The van der Waals surface area contributed by atoms with E-state index in [2.05, 4.69) is 51.1 Å². The molecule has 0 aromatic heterocycles. The van der Waals surface area contributed by atoms with Crippen LogP contribution in [0.1, 0.15) is 99.0 Å². The third kappa shape index (κ3) is 5.73. The molecule has 5 rings (SSSR count). The fourth-order valence-corrected chi connectivity index (χ4v) is 5.29. The molecule has 4 saturated carbocycles. The maximum atomic E-state index is 2.38. The van der Waals surface area contributed by atoms with E-state index in [1.807, 2.05) is 33.3 Å². The first kappa shape index (κ1) is 23.0. The lowest BCUT2D eigenvalue weighted by Crippen LogP contribution is -2.29. The third-order valence-corrected chi connectivity index (χ3v) is 5.96. The van der Waals surface area contributed by atoms with E-state index < -0.39 is 0 Å². The predicted octanol–water partition coefficient (Wildman–Crippen LogP) is 8.78. The van der Waals surface area contributed by atoms with Crippen molar-refractivity contribution in [3.05, 3.63) is 41.5 Å². The van der Waals surface area contributed by atoms with Crippen LogP contribution in [0.5, 0.6) is 0 Å². The molecule has 1 aromatic carbocycles. The van der Waals surface area contributed by atoms with Gasteiger partial charge in [-0.3, -0.25) is 0 Å². The van der Waals surface area contributed by atoms with Crippen LogP contribution in [0.15, 0.2) is 35.9 Å². The van der Waals surface area contributed by atoms with Crippen molar-refractivity contribution < 1.29 is 0 Å². The van der Waals surface area contributed by atoms with Crippen LogP contribution in [0, 0.1) is 23.7 Å². The maximum Gasteiger partial charge on any atom is -0.0189 e. The Kier molecular flexibility index (Phi) is 10.9. The van der Waals surface area contributed by atoms with Crippen LogP contribution in [0.2, 0.25) is 0 Å². The Bertz CT molecular complexity index is 500. The first-order chi connectivity index (χ1) is 12.7. The van der Waals surface area contributed by atoms with Gasteiger partial charge >= 0.3 is 0 Å². The first-order valence-corrected chi connectivity index (χ1v) is 11.5. The van der Waals surface area contributed by atoms with Gasteiger partial charge in [0.15, 0.2) is 0 Å². The zero-order valence-electron chi connectivity index (χ0n) is 18.6. The normalized spacial score (nSPS) is 29.8. The van der Waals surface area contributed by atoms with E-state index in [0.717, 1.165) is 23.7 Å². The quantitative estimate of drug-likeness (QED) is 0.471. The van der Waals surface area contributed by atoms with Gasteiger partial charge in [-0.15, -0.1) is 0 Å². The van der Waals surface area contributed by atoms with Gasteiger partial charge in [0.1, 0.15) is 0 Å². The predicted molar refractivity (Wildman–Crippen MR) is 119 cm³/mol. The molecule has 1 aromatic rings. The van der Waals surface area contributed by atoms with Crippen LogP contribution in [-0.2, 0) is 0 Å². The Morgan fingerprint density at radius 2 is 1.31 bits per heavy atom. The molecule has 4 fully saturated rings. The van der Waals surface area contributed by atoms with E-state index in [-0.39, 0.29) is 0 Å². The van der Waals surface area contributed by atoms with E-state index in [4.69, 9.17) is 0 Å². The number of rotatable bonds is 1. The van der Waals surface area contributed by atoms with Gasteiger partial charge in [-0.25, -0.2) is 0 Å². The molecule has 0 heterocycles. The van der Waals surface area contributed by atoms with Gasteiger partial charge in [-0.2, -0.15) is 0 Å². The molecule has 4 bridgehead atoms. The standard InChI is InChI=1S/C19H24.C3H8.2C2H6/c1-13(16-5-3-2-4-6-16)19-17-8-7-14-9-15(11-17)12-18(19)10-14;1-3-2;2*1-2/h2-6,14-15,17-18H,7-12H2,1H3;3H2,1-2H3;2*1-2H3/b19-13+;;;. The fourth-order valence-electron chi connectivity index (χ4n) is 5.29. The minimum absolute atomic E-state index is 0.913. The summed E-state index contributed by atoms with van der Waals surface area (Å²) >= 11 is 0. The van der Waals surface area contributed by atoms with E-state index >= 15 is 0 Å². The third-order valence-electron chi connectivity index (χ3n) is 5.96. The van der Waals surface area contributed by atoms with Crippen LogP contribution in [0.4, 0.5) is 0 Å². The molecule has 4 unspecified atom stereocenters. The van der Waals surface area contributed by atoms with Crippen molar-refractivity contribution >= 4 is 5.57 Å². The molecule has 4 atom stereocenters. The molecule has 4 aliphatic rings. The van der Waals surface area contributed by atoms with Gasteiger partial charge in [-0.1, -0.05) is 83.9 Å². The molecule has 0 heteroatoms. The molecule has 0 radical (unpaired) electrons. The largest absolute Gasteiger partial charge is 0.0683 e. The highest BCUT2D eigenvalue weighted by Crippen LogP contribution is 2.55. The van der Waals surface area contributed by atoms with Gasteiger partial charge in [0.05, 0.1) is 0 Å². The fraction of sp³-hybridized carbons (Fsp3) is 0.692. The number of fused-ring (bicyclic) bond motifs is 1. The Balaban J connectivity index is 0.000000431. The second-order valence-corrected chi connectivity index (χ2v) is 7.80. The molecular formula is C26H44. The lowest BCUT2D eigenvalue weighted by atomic mass is 9.64. The van der Waals surface area contributed by atoms with Crippen LogP contribution >= 0.6 is 0 Å². The van der Waals surface area contributed by atoms with E-state index in [1.54, 1.807) is 12.0 Å². The van der Waals surface area contributed by atoms with Crippen molar-refractivity contribution in [3.8, 4) is 0 Å². The monoisotopic (exact) mass is 356 g/mol. The highest BCUT2D eigenvalue weighted by molar-refractivity contribution is 5.68. The van der Waals surface area contributed by atoms with Crippen LogP contribution in [-0.4, -0.2) is 0 Å². The summed E-state index contributed by atoms with van der Waals surface area (Å²) in [4.78, 5) is 0. The summed E-state index contributed by atoms with van der Waals surface area (Å²) < 4.78 is 0. The van der Waals surface area contributed by atoms with Crippen LogP contribution in [0.3, 0.4) is 0 Å². The summed E-state index contributed by atoms with van der Waals surface area (Å²) in [6.07, 6.45) is 10.2.